The van der Waals surface area contributed by atoms with Gasteiger partial charge in [0.05, 0.1) is 13.2 Å². The number of ether oxygens (including phenoxy) is 3. The third kappa shape index (κ3) is 4.59. The van der Waals surface area contributed by atoms with E-state index < -0.39 is 74.6 Å². The first-order valence-electron chi connectivity index (χ1n) is 7.05. The molecule has 144 valence electrons. The number of aliphatic hydroxyl groups is 8. The van der Waals surface area contributed by atoms with Crippen LogP contribution in [0, 0.1) is 0 Å². The maximum absolute atomic E-state index is 10.00. The van der Waals surface area contributed by atoms with E-state index in [2.05, 4.69) is 0 Å². The summed E-state index contributed by atoms with van der Waals surface area (Å²) in [5, 5.41) is 76.7. The molecule has 2 rings (SSSR count). The van der Waals surface area contributed by atoms with Gasteiger partial charge in [-0.3, -0.25) is 0 Å². The Bertz CT molecular complexity index is 400. The van der Waals surface area contributed by atoms with Crippen molar-refractivity contribution in [2.24, 2.45) is 0 Å². The van der Waals surface area contributed by atoms with Crippen LogP contribution in [0.4, 0.5) is 0 Å². The fourth-order valence-electron chi connectivity index (χ4n) is 2.63. The third-order valence-electron chi connectivity index (χ3n) is 4.07. The summed E-state index contributed by atoms with van der Waals surface area (Å²) in [5.41, 5.74) is 0. The second-order valence-corrected chi connectivity index (χ2v) is 5.56. The molecule has 0 aromatic rings. The molecule has 2 aliphatic heterocycles. The van der Waals surface area contributed by atoms with Crippen molar-refractivity contribution in [3.63, 3.8) is 0 Å². The predicted octanol–water partition coefficient (Wildman–Crippen LogP) is -5.90. The zero-order valence-electron chi connectivity index (χ0n) is 13.2. The number of hydrogen-bond acceptors (Lipinski definition) is 11. The largest absolute Gasteiger partial charge is 2.00 e. The Morgan fingerprint density at radius 2 is 1.36 bits per heavy atom. The molecule has 0 aromatic heterocycles. The minimum absolute atomic E-state index is 0. The van der Waals surface area contributed by atoms with Crippen LogP contribution in [0.25, 0.3) is 0 Å². The van der Waals surface area contributed by atoms with Gasteiger partial charge in [-0.15, -0.1) is 0 Å². The second kappa shape index (κ2) is 10.0. The van der Waals surface area contributed by atoms with Crippen LogP contribution in [-0.4, -0.2) is 139 Å². The first-order chi connectivity index (χ1) is 10.8. The van der Waals surface area contributed by atoms with Gasteiger partial charge in [-0.1, -0.05) is 0 Å². The van der Waals surface area contributed by atoms with E-state index in [1.807, 2.05) is 0 Å². The second-order valence-electron chi connectivity index (χ2n) is 5.56. The van der Waals surface area contributed by atoms with Crippen LogP contribution in [-0.2, 0) is 19.7 Å². The summed E-state index contributed by atoms with van der Waals surface area (Å²) in [5.74, 6) is -2.22. The first-order valence-corrected chi connectivity index (χ1v) is 7.05. The van der Waals surface area contributed by atoms with Crippen molar-refractivity contribution in [2.45, 2.75) is 54.8 Å². The molecule has 2 fully saturated rings. The van der Waals surface area contributed by atoms with Gasteiger partial charge < -0.3 is 60.5 Å². The smallest absolute Gasteiger partial charge is 2.00 e. The SMILES string of the molecule is OC[C@H]1O[C@@](CO)(O[C@H]2O[C@H](CO)[C@@H](O)[C@H](O)[C@H]2O)[C@@H](O)[C@@H]1O.[Mg+2].[O-2]. The molecular formula is C12H22MgO12. The van der Waals surface area contributed by atoms with Gasteiger partial charge in [0, 0.05) is 0 Å². The summed E-state index contributed by atoms with van der Waals surface area (Å²) in [7, 11) is 0. The monoisotopic (exact) mass is 382 g/mol. The molecule has 2 heterocycles. The van der Waals surface area contributed by atoms with Gasteiger partial charge in [0.1, 0.15) is 49.3 Å². The molecule has 0 aliphatic carbocycles. The van der Waals surface area contributed by atoms with Gasteiger partial charge in [-0.2, -0.15) is 0 Å². The zero-order chi connectivity index (χ0) is 17.4. The van der Waals surface area contributed by atoms with Crippen LogP contribution >= 0.6 is 0 Å². The number of hydrogen-bond donors (Lipinski definition) is 8. The van der Waals surface area contributed by atoms with E-state index >= 15 is 0 Å². The Morgan fingerprint density at radius 1 is 0.800 bits per heavy atom. The van der Waals surface area contributed by atoms with Crippen LogP contribution in [0.2, 0.25) is 0 Å². The van der Waals surface area contributed by atoms with Gasteiger partial charge in [0.25, 0.3) is 0 Å². The van der Waals surface area contributed by atoms with E-state index in [4.69, 9.17) is 24.4 Å². The molecule has 9 atom stereocenters. The fourth-order valence-corrected chi connectivity index (χ4v) is 2.63. The quantitative estimate of drug-likeness (QED) is 0.209. The van der Waals surface area contributed by atoms with E-state index in [1.54, 1.807) is 0 Å². The fraction of sp³-hybridized carbons (Fsp3) is 1.00. The van der Waals surface area contributed by atoms with Crippen LogP contribution in [0.15, 0.2) is 0 Å². The molecule has 25 heavy (non-hydrogen) atoms. The van der Waals surface area contributed by atoms with Crippen molar-refractivity contribution >= 4 is 23.1 Å². The average molecular weight is 383 g/mol. The zero-order valence-corrected chi connectivity index (χ0v) is 14.6. The molecule has 13 heteroatoms. The number of rotatable bonds is 5. The van der Waals surface area contributed by atoms with Crippen molar-refractivity contribution in [1.82, 2.24) is 0 Å². The minimum Gasteiger partial charge on any atom is -2.00 e. The standard InChI is InChI=1S/C12H22O11.Mg.O/c13-1-4-6(16)8(18)9(19)11(21-4)23-12(3-15)10(20)7(17)5(2-14)22-12;;/h4-11,13-20H,1-3H2;;/q;+2;-2/t4-,5-,6-,7-,8+,9-,10+,11-,12+;;/m1../s1. The molecule has 0 saturated carbocycles. The Morgan fingerprint density at radius 3 is 1.80 bits per heavy atom. The molecule has 12 nitrogen and oxygen atoms in total. The molecular weight excluding hydrogens is 360 g/mol. The topological polar surface area (TPSA) is 218 Å². The Labute approximate surface area is 158 Å². The van der Waals surface area contributed by atoms with Gasteiger partial charge in [-0.25, -0.2) is 0 Å². The van der Waals surface area contributed by atoms with Crippen molar-refractivity contribution in [1.29, 1.82) is 0 Å². The maximum Gasteiger partial charge on any atom is 2.00 e. The summed E-state index contributed by atoms with van der Waals surface area (Å²) >= 11 is 0. The van der Waals surface area contributed by atoms with E-state index in [-0.39, 0.29) is 28.5 Å². The van der Waals surface area contributed by atoms with Crippen LogP contribution in [0.1, 0.15) is 0 Å². The van der Waals surface area contributed by atoms with E-state index in [1.165, 1.54) is 0 Å². The average Bonchev–Trinajstić information content (AvgIpc) is 2.80. The summed E-state index contributed by atoms with van der Waals surface area (Å²) < 4.78 is 15.4. The Balaban J connectivity index is 0.00000288. The Hall–Kier alpha value is 0.286. The maximum atomic E-state index is 10.00. The molecule has 0 aromatic carbocycles. The van der Waals surface area contributed by atoms with Crippen LogP contribution in [0.3, 0.4) is 0 Å². The molecule has 0 amide bonds. The van der Waals surface area contributed by atoms with Crippen molar-refractivity contribution in [3.05, 3.63) is 0 Å². The summed E-state index contributed by atoms with van der Waals surface area (Å²) in [6, 6.07) is 0. The normalized spacial score (nSPS) is 47.0. The van der Waals surface area contributed by atoms with Crippen molar-refractivity contribution in [2.75, 3.05) is 19.8 Å². The van der Waals surface area contributed by atoms with Gasteiger partial charge >= 0.3 is 23.1 Å². The minimum atomic E-state index is -2.22. The number of aliphatic hydroxyl groups excluding tert-OH is 8. The molecule has 2 saturated heterocycles. The molecule has 0 spiro atoms. The first kappa shape index (κ1) is 25.3. The van der Waals surface area contributed by atoms with E-state index in [0.717, 1.165) is 0 Å². The summed E-state index contributed by atoms with van der Waals surface area (Å²) in [6.45, 7) is -2.32. The van der Waals surface area contributed by atoms with Crippen molar-refractivity contribution in [3.8, 4) is 0 Å². The molecule has 0 unspecified atom stereocenters. The van der Waals surface area contributed by atoms with E-state index in [0.29, 0.717) is 0 Å². The predicted molar refractivity (Wildman–Crippen MR) is 75.1 cm³/mol. The van der Waals surface area contributed by atoms with Gasteiger partial charge in [-0.05, 0) is 0 Å². The van der Waals surface area contributed by atoms with Gasteiger partial charge in [0.2, 0.25) is 5.79 Å². The molecule has 0 radical (unpaired) electrons. The summed E-state index contributed by atoms with van der Waals surface area (Å²) in [4.78, 5) is 0. The molecule has 2 aliphatic rings. The van der Waals surface area contributed by atoms with Crippen LogP contribution < -0.4 is 0 Å². The van der Waals surface area contributed by atoms with E-state index in [9.17, 15) is 30.6 Å². The molecule has 8 N–H and O–H groups in total. The van der Waals surface area contributed by atoms with Gasteiger partial charge in [0.15, 0.2) is 6.29 Å². The molecule has 0 bridgehead atoms. The third-order valence-corrected chi connectivity index (χ3v) is 4.07. The Kier molecular flexibility index (Phi) is 10.1. The summed E-state index contributed by atoms with van der Waals surface area (Å²) in [6.07, 6.45) is -12.7. The van der Waals surface area contributed by atoms with Crippen LogP contribution in [0.5, 0.6) is 0 Å². The van der Waals surface area contributed by atoms with Crippen molar-refractivity contribution < 1.29 is 60.5 Å².